The Morgan fingerprint density at radius 1 is 0.867 bits per heavy atom. The fourth-order valence-electron chi connectivity index (χ4n) is 3.40. The first-order chi connectivity index (χ1) is 14.2. The van der Waals surface area contributed by atoms with E-state index in [1.807, 2.05) is 91.0 Å². The first-order valence-electron chi connectivity index (χ1n) is 9.37. The molecule has 1 amide bonds. The van der Waals surface area contributed by atoms with Gasteiger partial charge in [-0.1, -0.05) is 91.0 Å². The first-order valence-corrected chi connectivity index (χ1v) is 9.37. The minimum atomic E-state index is -0.639. The molecule has 0 unspecified atom stereocenters. The van der Waals surface area contributed by atoms with Crippen molar-refractivity contribution < 1.29 is 37.9 Å². The predicted molar refractivity (Wildman–Crippen MR) is 107 cm³/mol. The molecule has 0 N–H and O–H groups in total. The number of carbonyl (C=O) groups excluding carboxylic acids is 2. The van der Waals surface area contributed by atoms with Crippen LogP contribution in [0.4, 0.5) is 4.79 Å². The zero-order valence-electron chi connectivity index (χ0n) is 16.7. The summed E-state index contributed by atoms with van der Waals surface area (Å²) >= 11 is 0. The second kappa shape index (κ2) is 10.1. The average molecular weight is 393 g/mol. The number of benzene rings is 3. The second-order valence-electron chi connectivity index (χ2n) is 6.70. The summed E-state index contributed by atoms with van der Waals surface area (Å²) in [4.78, 5) is 26.6. The quantitative estimate of drug-likeness (QED) is 0.386. The van der Waals surface area contributed by atoms with Gasteiger partial charge in [0, 0.05) is 0 Å². The molecule has 3 aromatic carbocycles. The molecule has 5 nitrogen and oxygen atoms in total. The molecular weight excluding hydrogens is 373 g/mol. The molecule has 3 aromatic rings. The molecule has 4 rings (SSSR count). The number of amides is 1. The van der Waals surface area contributed by atoms with Crippen molar-refractivity contribution >= 4 is 12.1 Å². The third kappa shape index (κ3) is 4.88. The Labute approximate surface area is 187 Å². The number of hydrogen-bond donors (Lipinski definition) is 0. The van der Waals surface area contributed by atoms with Crippen LogP contribution in [-0.4, -0.2) is 17.0 Å². The second-order valence-corrected chi connectivity index (χ2v) is 6.70. The van der Waals surface area contributed by atoms with E-state index in [-0.39, 0.29) is 25.5 Å². The molecule has 1 heterocycles. The fraction of sp³-hybridized carbons (Fsp3) is 0.125. The minimum absolute atomic E-state index is 0. The van der Waals surface area contributed by atoms with Crippen molar-refractivity contribution in [2.75, 3.05) is 0 Å². The van der Waals surface area contributed by atoms with Gasteiger partial charge in [-0.15, -0.1) is 0 Å². The Kier molecular flexibility index (Phi) is 7.24. The van der Waals surface area contributed by atoms with Gasteiger partial charge >= 0.3 is 25.0 Å². The Hall–Kier alpha value is -3.13. The molecule has 1 aliphatic heterocycles. The topological polar surface area (TPSA) is 55.8 Å². The van der Waals surface area contributed by atoms with Crippen LogP contribution in [0, 0.1) is 6.54 Å². The van der Waals surface area contributed by atoms with Gasteiger partial charge in [-0.25, -0.2) is 4.79 Å². The summed E-state index contributed by atoms with van der Waals surface area (Å²) in [5.74, 6) is -0.581. The van der Waals surface area contributed by atoms with E-state index in [1.165, 1.54) is 11.4 Å². The van der Waals surface area contributed by atoms with Crippen LogP contribution >= 0.6 is 0 Å². The van der Waals surface area contributed by atoms with Crippen LogP contribution in [0.1, 0.15) is 28.8 Å². The number of hydrogen-bond acceptors (Lipinski definition) is 4. The molecule has 0 bridgehead atoms. The standard InChI is InChI=1S/C24H20NO4.Li/c26-21-16-25(24(27)28-17-18-10-4-1-5-11-18)22(19-12-6-2-7-13-19)23(29-21)20-14-8-3-9-15-20;/h1-16,22-23H,17H2;/q-1;+1/t22-,23+;/m0./s1. The Morgan fingerprint density at radius 2 is 1.40 bits per heavy atom. The van der Waals surface area contributed by atoms with Crippen molar-refractivity contribution in [1.29, 1.82) is 0 Å². The van der Waals surface area contributed by atoms with Gasteiger partial charge in [0.05, 0.1) is 6.04 Å². The maximum Gasteiger partial charge on any atom is 1.00 e. The molecule has 2 atom stereocenters. The maximum absolute atomic E-state index is 12.9. The molecular formula is C24H20LiNO4. The van der Waals surface area contributed by atoms with Crippen molar-refractivity contribution in [2.45, 2.75) is 18.8 Å². The van der Waals surface area contributed by atoms with Crippen LogP contribution in [0.25, 0.3) is 0 Å². The van der Waals surface area contributed by atoms with Crippen molar-refractivity contribution in [3.63, 3.8) is 0 Å². The van der Waals surface area contributed by atoms with Crippen LogP contribution in [0.15, 0.2) is 91.0 Å². The normalized spacial score (nSPS) is 17.9. The van der Waals surface area contributed by atoms with Gasteiger partial charge in [0.1, 0.15) is 12.7 Å². The van der Waals surface area contributed by atoms with E-state index in [2.05, 4.69) is 0 Å². The molecule has 30 heavy (non-hydrogen) atoms. The van der Waals surface area contributed by atoms with E-state index in [1.54, 1.807) is 0 Å². The van der Waals surface area contributed by atoms with E-state index in [0.29, 0.717) is 0 Å². The molecule has 0 aromatic heterocycles. The summed E-state index contributed by atoms with van der Waals surface area (Å²) in [7, 11) is 0. The summed E-state index contributed by atoms with van der Waals surface area (Å²) in [5, 5.41) is 0. The smallest absolute Gasteiger partial charge is 0.476 e. The van der Waals surface area contributed by atoms with Crippen LogP contribution in [-0.2, 0) is 20.9 Å². The molecule has 0 spiro atoms. The third-order valence-corrected chi connectivity index (χ3v) is 4.76. The zero-order chi connectivity index (χ0) is 20.1. The number of ether oxygens (including phenoxy) is 2. The van der Waals surface area contributed by atoms with Crippen molar-refractivity contribution in [3.05, 3.63) is 114 Å². The van der Waals surface area contributed by atoms with E-state index in [0.717, 1.165) is 16.7 Å². The van der Waals surface area contributed by atoms with Crippen LogP contribution < -0.4 is 18.9 Å². The Morgan fingerprint density at radius 3 is 2.00 bits per heavy atom. The Balaban J connectivity index is 0.00000256. The Bertz CT molecular complexity index is 966. The molecule has 1 fully saturated rings. The maximum atomic E-state index is 12.9. The number of rotatable bonds is 4. The largest absolute Gasteiger partial charge is 1.00 e. The summed E-state index contributed by atoms with van der Waals surface area (Å²) in [5.41, 5.74) is 2.53. The molecule has 1 aliphatic rings. The van der Waals surface area contributed by atoms with Gasteiger partial charge in [-0.05, 0) is 16.7 Å². The van der Waals surface area contributed by atoms with E-state index < -0.39 is 24.2 Å². The summed E-state index contributed by atoms with van der Waals surface area (Å²) < 4.78 is 11.1. The van der Waals surface area contributed by atoms with Gasteiger partial charge in [0.2, 0.25) is 0 Å². The molecule has 0 saturated carbocycles. The van der Waals surface area contributed by atoms with Crippen LogP contribution in [0.3, 0.4) is 0 Å². The third-order valence-electron chi connectivity index (χ3n) is 4.76. The molecule has 1 saturated heterocycles. The van der Waals surface area contributed by atoms with Gasteiger partial charge in [0.15, 0.2) is 5.97 Å². The summed E-state index contributed by atoms with van der Waals surface area (Å²) in [6.45, 7) is 1.29. The number of carbonyl (C=O) groups is 2. The summed E-state index contributed by atoms with van der Waals surface area (Å²) in [6.07, 6.45) is -1.24. The average Bonchev–Trinajstić information content (AvgIpc) is 2.78. The minimum Gasteiger partial charge on any atom is -0.476 e. The number of cyclic esters (lactones) is 1. The van der Waals surface area contributed by atoms with Gasteiger partial charge in [-0.2, -0.15) is 6.54 Å². The number of esters is 1. The first kappa shape index (κ1) is 21.6. The van der Waals surface area contributed by atoms with E-state index in [4.69, 9.17) is 9.47 Å². The van der Waals surface area contributed by atoms with Crippen molar-refractivity contribution in [3.8, 4) is 0 Å². The van der Waals surface area contributed by atoms with Gasteiger partial charge in [-0.3, -0.25) is 4.79 Å². The zero-order valence-corrected chi connectivity index (χ0v) is 16.7. The predicted octanol–water partition coefficient (Wildman–Crippen LogP) is 1.83. The number of morpholine rings is 1. The fourth-order valence-corrected chi connectivity index (χ4v) is 3.40. The van der Waals surface area contributed by atoms with Crippen molar-refractivity contribution in [1.82, 2.24) is 4.90 Å². The van der Waals surface area contributed by atoms with Gasteiger partial charge < -0.3 is 14.4 Å². The summed E-state index contributed by atoms with van der Waals surface area (Å²) in [6, 6.07) is 27.8. The van der Waals surface area contributed by atoms with Crippen LogP contribution in [0.2, 0.25) is 0 Å². The van der Waals surface area contributed by atoms with Crippen molar-refractivity contribution in [2.24, 2.45) is 0 Å². The number of nitrogens with zero attached hydrogens (tertiary/aromatic N) is 1. The monoisotopic (exact) mass is 393 g/mol. The molecule has 0 radical (unpaired) electrons. The molecule has 0 aliphatic carbocycles. The van der Waals surface area contributed by atoms with E-state index >= 15 is 0 Å². The van der Waals surface area contributed by atoms with Gasteiger partial charge in [0.25, 0.3) is 0 Å². The molecule has 6 heteroatoms. The SMILES string of the molecule is O=C1[CH-]N(C(=O)OCc2ccccc2)[C@@H](c2ccccc2)[C@@H](c2ccccc2)O1.[Li+]. The molecule has 146 valence electrons. The van der Waals surface area contributed by atoms with E-state index in [9.17, 15) is 9.59 Å². The van der Waals surface area contributed by atoms with Crippen LogP contribution in [0.5, 0.6) is 0 Å².